The predicted molar refractivity (Wildman–Crippen MR) is 91.5 cm³/mol. The minimum absolute atomic E-state index is 0.0411. The number of carbonyl (C=O) groups is 2. The molecule has 1 saturated heterocycles. The van der Waals surface area contributed by atoms with Gasteiger partial charge in [0.05, 0.1) is 6.42 Å². The van der Waals surface area contributed by atoms with Crippen LogP contribution in [0.15, 0.2) is 48.5 Å². The Bertz CT molecular complexity index is 722. The van der Waals surface area contributed by atoms with Gasteiger partial charge in [-0.25, -0.2) is 0 Å². The lowest BCUT2D eigenvalue weighted by Crippen LogP contribution is -2.23. The highest BCUT2D eigenvalue weighted by atomic mass is 16.2. The molecule has 0 aliphatic carbocycles. The topological polar surface area (TPSA) is 49.4 Å². The Labute approximate surface area is 136 Å². The van der Waals surface area contributed by atoms with E-state index in [9.17, 15) is 9.59 Å². The summed E-state index contributed by atoms with van der Waals surface area (Å²) < 4.78 is 0. The number of aryl methyl sites for hydroxylation is 1. The number of nitrogens with zero attached hydrogens (tertiary/aromatic N) is 1. The maximum atomic E-state index is 12.1. The Kier molecular flexibility index (Phi) is 4.42. The molecule has 0 radical (unpaired) electrons. The molecule has 0 spiro atoms. The van der Waals surface area contributed by atoms with Gasteiger partial charge in [-0.2, -0.15) is 0 Å². The number of benzene rings is 2. The lowest BCUT2D eigenvalue weighted by atomic mass is 10.1. The second-order valence-electron chi connectivity index (χ2n) is 5.91. The summed E-state index contributed by atoms with van der Waals surface area (Å²) in [6.07, 6.45) is 1.86. The van der Waals surface area contributed by atoms with E-state index < -0.39 is 0 Å². The number of rotatable bonds is 4. The van der Waals surface area contributed by atoms with Crippen LogP contribution in [-0.4, -0.2) is 18.4 Å². The van der Waals surface area contributed by atoms with Crippen molar-refractivity contribution in [1.82, 2.24) is 0 Å². The normalized spacial score (nSPS) is 14.1. The summed E-state index contributed by atoms with van der Waals surface area (Å²) in [7, 11) is 0. The summed E-state index contributed by atoms with van der Waals surface area (Å²) >= 11 is 0. The van der Waals surface area contributed by atoms with Gasteiger partial charge in [-0.05, 0) is 48.7 Å². The smallest absolute Gasteiger partial charge is 0.228 e. The molecule has 3 rings (SSSR count). The Morgan fingerprint density at radius 2 is 1.96 bits per heavy atom. The SMILES string of the molecule is Cc1cccc(NC(=O)Cc2ccc(N3CCCC3=O)cc2)c1. The Hall–Kier alpha value is -2.62. The third kappa shape index (κ3) is 3.77. The molecule has 0 saturated carbocycles. The largest absolute Gasteiger partial charge is 0.326 e. The first kappa shape index (κ1) is 15.3. The van der Waals surface area contributed by atoms with Crippen molar-refractivity contribution in [1.29, 1.82) is 0 Å². The predicted octanol–water partition coefficient (Wildman–Crippen LogP) is 3.30. The monoisotopic (exact) mass is 308 g/mol. The van der Waals surface area contributed by atoms with Crippen LogP contribution in [0.25, 0.3) is 0 Å². The van der Waals surface area contributed by atoms with Crippen molar-refractivity contribution in [2.45, 2.75) is 26.2 Å². The van der Waals surface area contributed by atoms with Crippen LogP contribution in [0.3, 0.4) is 0 Å². The van der Waals surface area contributed by atoms with Gasteiger partial charge in [-0.15, -0.1) is 0 Å². The fourth-order valence-electron chi connectivity index (χ4n) is 2.83. The maximum absolute atomic E-state index is 12.1. The van der Waals surface area contributed by atoms with Crippen molar-refractivity contribution in [2.75, 3.05) is 16.8 Å². The molecule has 2 aromatic rings. The number of anilines is 2. The van der Waals surface area contributed by atoms with Gasteiger partial charge in [0.2, 0.25) is 11.8 Å². The van der Waals surface area contributed by atoms with Gasteiger partial charge < -0.3 is 10.2 Å². The standard InChI is InChI=1S/C19H20N2O2/c1-14-4-2-5-16(12-14)20-18(22)13-15-7-9-17(10-8-15)21-11-3-6-19(21)23/h2,4-5,7-10,12H,3,6,11,13H2,1H3,(H,20,22). The van der Waals surface area contributed by atoms with Gasteiger partial charge in [0.15, 0.2) is 0 Å². The maximum Gasteiger partial charge on any atom is 0.228 e. The molecule has 4 nitrogen and oxygen atoms in total. The first-order valence-electron chi connectivity index (χ1n) is 7.88. The van der Waals surface area contributed by atoms with Crippen molar-refractivity contribution < 1.29 is 9.59 Å². The molecule has 1 heterocycles. The first-order valence-corrected chi connectivity index (χ1v) is 7.88. The van der Waals surface area contributed by atoms with Crippen molar-refractivity contribution in [3.05, 3.63) is 59.7 Å². The van der Waals surface area contributed by atoms with Crippen LogP contribution in [0.5, 0.6) is 0 Å². The third-order valence-corrected chi connectivity index (χ3v) is 3.99. The average Bonchev–Trinajstić information content (AvgIpc) is 2.94. The van der Waals surface area contributed by atoms with Gasteiger partial charge in [-0.3, -0.25) is 9.59 Å². The van der Waals surface area contributed by atoms with Crippen LogP contribution < -0.4 is 10.2 Å². The molecule has 0 aromatic heterocycles. The quantitative estimate of drug-likeness (QED) is 0.942. The van der Waals surface area contributed by atoms with Crippen LogP contribution in [0, 0.1) is 6.92 Å². The van der Waals surface area contributed by atoms with Crippen molar-refractivity contribution >= 4 is 23.2 Å². The number of nitrogens with one attached hydrogen (secondary N) is 1. The highest BCUT2D eigenvalue weighted by Crippen LogP contribution is 2.21. The van der Waals surface area contributed by atoms with Gasteiger partial charge in [0, 0.05) is 24.3 Å². The fourth-order valence-corrected chi connectivity index (χ4v) is 2.83. The van der Waals surface area contributed by atoms with Gasteiger partial charge >= 0.3 is 0 Å². The van der Waals surface area contributed by atoms with Gasteiger partial charge in [0.1, 0.15) is 0 Å². The summed E-state index contributed by atoms with van der Waals surface area (Å²) in [5, 5.41) is 2.90. The second-order valence-corrected chi connectivity index (χ2v) is 5.91. The average molecular weight is 308 g/mol. The highest BCUT2D eigenvalue weighted by molar-refractivity contribution is 5.95. The number of carbonyl (C=O) groups excluding carboxylic acids is 2. The molecule has 0 atom stereocenters. The molecule has 2 aromatic carbocycles. The van der Waals surface area contributed by atoms with E-state index in [0.717, 1.165) is 35.5 Å². The Morgan fingerprint density at radius 1 is 1.17 bits per heavy atom. The molecule has 4 heteroatoms. The fraction of sp³-hybridized carbons (Fsp3) is 0.263. The summed E-state index contributed by atoms with van der Waals surface area (Å²) in [5.41, 5.74) is 3.78. The minimum atomic E-state index is -0.0411. The molecule has 1 aliphatic rings. The number of hydrogen-bond donors (Lipinski definition) is 1. The molecule has 118 valence electrons. The van der Waals surface area contributed by atoms with Crippen molar-refractivity contribution in [2.24, 2.45) is 0 Å². The zero-order valence-electron chi connectivity index (χ0n) is 13.2. The van der Waals surface area contributed by atoms with Gasteiger partial charge in [0.25, 0.3) is 0 Å². The Balaban J connectivity index is 1.61. The molecular weight excluding hydrogens is 288 g/mol. The van der Waals surface area contributed by atoms with E-state index in [2.05, 4.69) is 5.32 Å². The third-order valence-electron chi connectivity index (χ3n) is 3.99. The van der Waals surface area contributed by atoms with Crippen LogP contribution in [0.2, 0.25) is 0 Å². The summed E-state index contributed by atoms with van der Waals surface area (Å²) in [4.78, 5) is 25.6. The van der Waals surface area contributed by atoms with E-state index in [1.54, 1.807) is 4.90 Å². The molecule has 0 unspecified atom stereocenters. The molecule has 1 N–H and O–H groups in total. The molecule has 0 bridgehead atoms. The van der Waals surface area contributed by atoms with Crippen LogP contribution in [-0.2, 0) is 16.0 Å². The van der Waals surface area contributed by atoms with E-state index in [1.165, 1.54) is 0 Å². The van der Waals surface area contributed by atoms with E-state index in [4.69, 9.17) is 0 Å². The minimum Gasteiger partial charge on any atom is -0.326 e. The summed E-state index contributed by atoms with van der Waals surface area (Å²) in [6.45, 7) is 2.78. The molecular formula is C19H20N2O2. The number of hydrogen-bond acceptors (Lipinski definition) is 2. The summed E-state index contributed by atoms with van der Waals surface area (Å²) in [6, 6.07) is 15.4. The second kappa shape index (κ2) is 6.65. The molecule has 2 amide bonds. The molecule has 1 fully saturated rings. The zero-order chi connectivity index (χ0) is 16.2. The first-order chi connectivity index (χ1) is 11.1. The van der Waals surface area contributed by atoms with Gasteiger partial charge in [-0.1, -0.05) is 24.3 Å². The number of amides is 2. The molecule has 1 aliphatic heterocycles. The van der Waals surface area contributed by atoms with Crippen LogP contribution >= 0.6 is 0 Å². The Morgan fingerprint density at radius 3 is 2.61 bits per heavy atom. The van der Waals surface area contributed by atoms with Crippen LogP contribution in [0.4, 0.5) is 11.4 Å². The van der Waals surface area contributed by atoms with Crippen molar-refractivity contribution in [3.63, 3.8) is 0 Å². The highest BCUT2D eigenvalue weighted by Gasteiger charge is 2.21. The van der Waals surface area contributed by atoms with E-state index in [1.807, 2.05) is 55.5 Å². The van der Waals surface area contributed by atoms with E-state index >= 15 is 0 Å². The zero-order valence-corrected chi connectivity index (χ0v) is 13.2. The van der Waals surface area contributed by atoms with E-state index in [0.29, 0.717) is 12.8 Å². The van der Waals surface area contributed by atoms with Crippen LogP contribution in [0.1, 0.15) is 24.0 Å². The lowest BCUT2D eigenvalue weighted by molar-refractivity contribution is -0.117. The summed E-state index contributed by atoms with van der Waals surface area (Å²) in [5.74, 6) is 0.135. The lowest BCUT2D eigenvalue weighted by Gasteiger charge is -2.15. The van der Waals surface area contributed by atoms with E-state index in [-0.39, 0.29) is 11.8 Å². The molecule has 23 heavy (non-hydrogen) atoms. The van der Waals surface area contributed by atoms with Crippen molar-refractivity contribution in [3.8, 4) is 0 Å².